The van der Waals surface area contributed by atoms with Crippen LogP contribution in [-0.2, 0) is 12.7 Å². The minimum absolute atomic E-state index is 0. The summed E-state index contributed by atoms with van der Waals surface area (Å²) in [6.45, 7) is -0.218. The summed E-state index contributed by atoms with van der Waals surface area (Å²) in [5.74, 6) is -1.03. The lowest BCUT2D eigenvalue weighted by Gasteiger charge is -2.06. The molecule has 7 heteroatoms. The number of alkyl halides is 3. The van der Waals surface area contributed by atoms with Gasteiger partial charge in [0.15, 0.2) is 0 Å². The zero-order chi connectivity index (χ0) is 10.1. The molecule has 80 valence electrons. The lowest BCUT2D eigenvalue weighted by atomic mass is 10.2. The quantitative estimate of drug-likeness (QED) is 0.751. The van der Waals surface area contributed by atoms with Gasteiger partial charge in [0.25, 0.3) is 0 Å². The molecule has 0 aromatic carbocycles. The van der Waals surface area contributed by atoms with Crippen molar-refractivity contribution in [2.75, 3.05) is 0 Å². The highest BCUT2D eigenvalue weighted by molar-refractivity contribution is 5.85. The van der Waals surface area contributed by atoms with Crippen molar-refractivity contribution in [3.63, 3.8) is 0 Å². The molecule has 0 fully saturated rings. The van der Waals surface area contributed by atoms with Gasteiger partial charge in [0, 0.05) is 12.7 Å². The Morgan fingerprint density at radius 2 is 1.93 bits per heavy atom. The van der Waals surface area contributed by atoms with Crippen LogP contribution >= 0.6 is 12.4 Å². The van der Waals surface area contributed by atoms with E-state index in [0.717, 1.165) is 0 Å². The Labute approximate surface area is 83.5 Å². The van der Waals surface area contributed by atoms with Crippen molar-refractivity contribution in [1.82, 2.24) is 4.98 Å². The molecule has 0 spiro atoms. The number of nitrogens with two attached hydrogens (primary N) is 1. The van der Waals surface area contributed by atoms with Crippen LogP contribution in [0.3, 0.4) is 0 Å². The van der Waals surface area contributed by atoms with E-state index in [2.05, 4.69) is 4.98 Å². The fourth-order valence-corrected chi connectivity index (χ4v) is 0.771. The third-order valence-corrected chi connectivity index (χ3v) is 1.44. The van der Waals surface area contributed by atoms with Crippen molar-refractivity contribution >= 4 is 12.4 Å². The first-order valence-electron chi connectivity index (χ1n) is 3.37. The van der Waals surface area contributed by atoms with Gasteiger partial charge in [0.05, 0.1) is 11.3 Å². The highest BCUT2D eigenvalue weighted by Gasteiger charge is 2.31. The summed E-state index contributed by atoms with van der Waals surface area (Å²) < 4.78 is 48.6. The average Bonchev–Trinajstić information content (AvgIpc) is 2.02. The molecule has 0 saturated heterocycles. The number of nitrogens with zero attached hydrogens (tertiary/aromatic N) is 1. The van der Waals surface area contributed by atoms with Crippen molar-refractivity contribution in [3.05, 3.63) is 29.3 Å². The average molecular weight is 231 g/mol. The Morgan fingerprint density at radius 1 is 1.36 bits per heavy atom. The molecule has 0 unspecified atom stereocenters. The van der Waals surface area contributed by atoms with E-state index < -0.39 is 17.6 Å². The number of hydrogen-bond donors (Lipinski definition) is 1. The molecule has 0 bridgehead atoms. The van der Waals surface area contributed by atoms with Crippen LogP contribution < -0.4 is 5.73 Å². The molecule has 1 aromatic heterocycles. The number of aromatic nitrogens is 1. The second-order valence-corrected chi connectivity index (χ2v) is 2.35. The third-order valence-electron chi connectivity index (χ3n) is 1.44. The molecule has 1 heterocycles. The molecular formula is C7H7ClF4N2. The largest absolute Gasteiger partial charge is 0.417 e. The maximum absolute atomic E-state index is 12.7. The highest BCUT2D eigenvalue weighted by atomic mass is 35.5. The predicted octanol–water partition coefficient (Wildman–Crippen LogP) is 2.12. The van der Waals surface area contributed by atoms with Gasteiger partial charge in [0.2, 0.25) is 0 Å². The summed E-state index contributed by atoms with van der Waals surface area (Å²) in [6.07, 6.45) is -4.01. The smallest absolute Gasteiger partial charge is 0.325 e. The topological polar surface area (TPSA) is 38.9 Å². The second-order valence-electron chi connectivity index (χ2n) is 2.35. The Morgan fingerprint density at radius 3 is 2.29 bits per heavy atom. The van der Waals surface area contributed by atoms with Crippen LogP contribution in [0.5, 0.6) is 0 Å². The minimum Gasteiger partial charge on any atom is -0.325 e. The molecule has 0 amide bonds. The molecule has 2 nitrogen and oxygen atoms in total. The lowest BCUT2D eigenvalue weighted by Crippen LogP contribution is -2.09. The van der Waals surface area contributed by atoms with Crippen LogP contribution in [0.25, 0.3) is 0 Å². The molecule has 0 aliphatic heterocycles. The molecule has 14 heavy (non-hydrogen) atoms. The summed E-state index contributed by atoms with van der Waals surface area (Å²) in [5, 5.41) is 0. The van der Waals surface area contributed by atoms with Gasteiger partial charge in [-0.2, -0.15) is 13.2 Å². The molecule has 2 N–H and O–H groups in total. The van der Waals surface area contributed by atoms with Gasteiger partial charge < -0.3 is 5.73 Å². The summed E-state index contributed by atoms with van der Waals surface area (Å²) >= 11 is 0. The van der Waals surface area contributed by atoms with Crippen molar-refractivity contribution in [2.24, 2.45) is 5.73 Å². The number of rotatable bonds is 1. The molecular weight excluding hydrogens is 224 g/mol. The fourth-order valence-electron chi connectivity index (χ4n) is 0.771. The number of halogens is 5. The predicted molar refractivity (Wildman–Crippen MR) is 44.3 cm³/mol. The number of pyridine rings is 1. The Kier molecular flexibility index (Phi) is 4.28. The summed E-state index contributed by atoms with van der Waals surface area (Å²) in [7, 11) is 0. The van der Waals surface area contributed by atoms with E-state index in [1.165, 1.54) is 0 Å². The SMILES string of the molecule is Cl.NCc1ncc(C(F)(F)F)cc1F. The van der Waals surface area contributed by atoms with Crippen LogP contribution in [0.1, 0.15) is 11.3 Å². The van der Waals surface area contributed by atoms with Gasteiger partial charge in [-0.15, -0.1) is 12.4 Å². The van der Waals surface area contributed by atoms with Crippen LogP contribution in [-0.4, -0.2) is 4.98 Å². The van der Waals surface area contributed by atoms with E-state index in [0.29, 0.717) is 12.3 Å². The third kappa shape index (κ3) is 2.81. The molecule has 0 atom stereocenters. The fraction of sp³-hybridized carbons (Fsp3) is 0.286. The van der Waals surface area contributed by atoms with Gasteiger partial charge in [-0.3, -0.25) is 4.98 Å². The van der Waals surface area contributed by atoms with E-state index in [1.54, 1.807) is 0 Å². The molecule has 0 radical (unpaired) electrons. The van der Waals surface area contributed by atoms with Crippen molar-refractivity contribution in [3.8, 4) is 0 Å². The minimum atomic E-state index is -4.57. The van der Waals surface area contributed by atoms with E-state index in [-0.39, 0.29) is 24.6 Å². The van der Waals surface area contributed by atoms with E-state index in [9.17, 15) is 17.6 Å². The van der Waals surface area contributed by atoms with Gasteiger partial charge >= 0.3 is 6.18 Å². The Hall–Kier alpha value is -0.880. The normalized spacial score (nSPS) is 10.9. The van der Waals surface area contributed by atoms with Gasteiger partial charge in [-0.25, -0.2) is 4.39 Å². The van der Waals surface area contributed by atoms with Crippen LogP contribution in [0.15, 0.2) is 12.3 Å². The van der Waals surface area contributed by atoms with Crippen LogP contribution in [0.2, 0.25) is 0 Å². The summed E-state index contributed by atoms with van der Waals surface area (Å²) in [6, 6.07) is 0.384. The van der Waals surface area contributed by atoms with Gasteiger partial charge in [-0.1, -0.05) is 0 Å². The summed E-state index contributed by atoms with van der Waals surface area (Å²) in [4.78, 5) is 3.24. The van der Waals surface area contributed by atoms with Crippen molar-refractivity contribution in [1.29, 1.82) is 0 Å². The zero-order valence-electron chi connectivity index (χ0n) is 6.81. The first kappa shape index (κ1) is 13.1. The van der Waals surface area contributed by atoms with Crippen molar-refractivity contribution in [2.45, 2.75) is 12.7 Å². The molecule has 1 aromatic rings. The standard InChI is InChI=1S/C7H6F4N2.ClH/c8-5-1-4(7(9,10)11)3-13-6(5)2-12;/h1,3H,2,12H2;1H. The monoisotopic (exact) mass is 230 g/mol. The highest BCUT2D eigenvalue weighted by Crippen LogP contribution is 2.29. The van der Waals surface area contributed by atoms with Crippen LogP contribution in [0, 0.1) is 5.82 Å². The van der Waals surface area contributed by atoms with E-state index in [4.69, 9.17) is 5.73 Å². The first-order chi connectivity index (χ1) is 5.95. The second kappa shape index (κ2) is 4.56. The summed E-state index contributed by atoms with van der Waals surface area (Å²) in [5.41, 5.74) is 3.74. The molecule has 0 aliphatic carbocycles. The van der Waals surface area contributed by atoms with E-state index >= 15 is 0 Å². The Bertz CT molecular complexity index is 313. The zero-order valence-corrected chi connectivity index (χ0v) is 7.62. The molecule has 0 saturated carbocycles. The van der Waals surface area contributed by atoms with Crippen LogP contribution in [0.4, 0.5) is 17.6 Å². The van der Waals surface area contributed by atoms with Crippen molar-refractivity contribution < 1.29 is 17.6 Å². The maximum atomic E-state index is 12.7. The van der Waals surface area contributed by atoms with Gasteiger partial charge in [-0.05, 0) is 6.07 Å². The number of hydrogen-bond acceptors (Lipinski definition) is 2. The van der Waals surface area contributed by atoms with E-state index in [1.807, 2.05) is 0 Å². The maximum Gasteiger partial charge on any atom is 0.417 e. The molecule has 0 aliphatic rings. The van der Waals surface area contributed by atoms with Gasteiger partial charge in [0.1, 0.15) is 5.82 Å². The Balaban J connectivity index is 0.00000169. The first-order valence-corrected chi connectivity index (χ1v) is 3.37. The lowest BCUT2D eigenvalue weighted by molar-refractivity contribution is -0.138. The molecule has 1 rings (SSSR count).